The van der Waals surface area contributed by atoms with Crippen LogP contribution in [0.4, 0.5) is 5.13 Å². The molecule has 8 heteroatoms. The monoisotopic (exact) mass is 442 g/mol. The fraction of sp³-hybridized carbons (Fsp3) is 0.0833. The first-order chi connectivity index (χ1) is 15.7. The van der Waals surface area contributed by atoms with Crippen LogP contribution in [0.3, 0.4) is 0 Å². The van der Waals surface area contributed by atoms with Crippen molar-refractivity contribution in [3.8, 4) is 17.1 Å². The lowest BCUT2D eigenvalue weighted by Gasteiger charge is -2.18. The number of aromatic nitrogens is 3. The van der Waals surface area contributed by atoms with Crippen LogP contribution in [0.25, 0.3) is 21.5 Å². The molecule has 0 atom stereocenters. The first-order valence-electron chi connectivity index (χ1n) is 9.89. The van der Waals surface area contributed by atoms with Crippen molar-refractivity contribution in [1.82, 2.24) is 15.1 Å². The molecule has 158 valence electrons. The summed E-state index contributed by atoms with van der Waals surface area (Å²) >= 11 is 1.43. The van der Waals surface area contributed by atoms with E-state index in [1.807, 2.05) is 54.6 Å². The van der Waals surface area contributed by atoms with Gasteiger partial charge in [0.1, 0.15) is 5.75 Å². The van der Waals surface area contributed by atoms with Crippen LogP contribution in [-0.2, 0) is 6.54 Å². The summed E-state index contributed by atoms with van der Waals surface area (Å²) in [5, 5.41) is 4.60. The molecule has 0 aliphatic carbocycles. The zero-order valence-corrected chi connectivity index (χ0v) is 18.0. The highest BCUT2D eigenvalue weighted by atomic mass is 32.1. The third kappa shape index (κ3) is 3.95. The van der Waals surface area contributed by atoms with Crippen molar-refractivity contribution < 1.29 is 14.1 Å². The van der Waals surface area contributed by atoms with Gasteiger partial charge in [-0.2, -0.15) is 0 Å². The van der Waals surface area contributed by atoms with Crippen LogP contribution in [-0.4, -0.2) is 28.1 Å². The number of rotatable bonds is 6. The third-order valence-electron chi connectivity index (χ3n) is 4.92. The van der Waals surface area contributed by atoms with Gasteiger partial charge in [0, 0.05) is 24.0 Å². The summed E-state index contributed by atoms with van der Waals surface area (Å²) < 4.78 is 11.7. The molecule has 5 aromatic rings. The molecule has 0 N–H and O–H groups in total. The molecule has 0 fully saturated rings. The standard InChI is InChI=1S/C24H18N4O3S/c1-30-18-9-10-19-22(12-18)32-24(26-19)28(15-16-6-3-2-4-7-16)23(29)20-13-21(31-27-20)17-8-5-11-25-14-17/h2-14H,15H2,1H3. The summed E-state index contributed by atoms with van der Waals surface area (Å²) in [6.07, 6.45) is 3.34. The van der Waals surface area contributed by atoms with Crippen molar-refractivity contribution in [2.45, 2.75) is 6.54 Å². The number of anilines is 1. The Morgan fingerprint density at radius 3 is 2.75 bits per heavy atom. The second kappa shape index (κ2) is 8.60. The number of ether oxygens (including phenoxy) is 1. The topological polar surface area (TPSA) is 81.4 Å². The number of amides is 1. The molecular formula is C24H18N4O3S. The molecule has 0 radical (unpaired) electrons. The summed E-state index contributed by atoms with van der Waals surface area (Å²) in [5.41, 5.74) is 2.74. The largest absolute Gasteiger partial charge is 0.497 e. The van der Waals surface area contributed by atoms with Crippen molar-refractivity contribution in [3.63, 3.8) is 0 Å². The van der Waals surface area contributed by atoms with Crippen molar-refractivity contribution in [3.05, 3.63) is 90.4 Å². The summed E-state index contributed by atoms with van der Waals surface area (Å²) in [5.74, 6) is 0.931. The molecule has 1 amide bonds. The maximum atomic E-state index is 13.5. The van der Waals surface area contributed by atoms with Crippen LogP contribution in [0.2, 0.25) is 0 Å². The Morgan fingerprint density at radius 1 is 1.09 bits per heavy atom. The Balaban J connectivity index is 1.53. The van der Waals surface area contributed by atoms with Gasteiger partial charge >= 0.3 is 0 Å². The summed E-state index contributed by atoms with van der Waals surface area (Å²) in [6.45, 7) is 0.353. The fourth-order valence-corrected chi connectivity index (χ4v) is 4.28. The molecular weight excluding hydrogens is 424 g/mol. The lowest BCUT2D eigenvalue weighted by atomic mass is 10.2. The average molecular weight is 443 g/mol. The average Bonchev–Trinajstić information content (AvgIpc) is 3.50. The third-order valence-corrected chi connectivity index (χ3v) is 5.96. The quantitative estimate of drug-likeness (QED) is 0.359. The van der Waals surface area contributed by atoms with Gasteiger partial charge in [0.05, 0.1) is 23.9 Å². The van der Waals surface area contributed by atoms with Crippen molar-refractivity contribution in [1.29, 1.82) is 0 Å². The zero-order valence-electron chi connectivity index (χ0n) is 17.1. The number of fused-ring (bicyclic) bond motifs is 1. The van der Waals surface area contributed by atoms with Crippen molar-refractivity contribution >= 4 is 32.6 Å². The van der Waals surface area contributed by atoms with E-state index in [1.54, 1.807) is 36.5 Å². The van der Waals surface area contributed by atoms with Crippen molar-refractivity contribution in [2.24, 2.45) is 0 Å². The van der Waals surface area contributed by atoms with E-state index >= 15 is 0 Å². The highest BCUT2D eigenvalue weighted by Crippen LogP contribution is 2.33. The zero-order chi connectivity index (χ0) is 21.9. The van der Waals surface area contributed by atoms with Crippen LogP contribution in [0.15, 0.2) is 83.6 Å². The summed E-state index contributed by atoms with van der Waals surface area (Å²) in [6, 6.07) is 20.7. The van der Waals surface area contributed by atoms with Crippen molar-refractivity contribution in [2.75, 3.05) is 12.0 Å². The summed E-state index contributed by atoms with van der Waals surface area (Å²) in [7, 11) is 1.62. The molecule has 0 aliphatic rings. The van der Waals surface area contributed by atoms with Crippen LogP contribution >= 0.6 is 11.3 Å². The van der Waals surface area contributed by atoms with Crippen LogP contribution < -0.4 is 9.64 Å². The van der Waals surface area contributed by atoms with E-state index in [0.29, 0.717) is 17.4 Å². The number of thiazole rings is 1. The van der Waals surface area contributed by atoms with Gasteiger partial charge < -0.3 is 9.26 Å². The molecule has 0 bridgehead atoms. The predicted octanol–water partition coefficient (Wildman–Crippen LogP) is 5.20. The smallest absolute Gasteiger partial charge is 0.282 e. The highest BCUT2D eigenvalue weighted by molar-refractivity contribution is 7.22. The first kappa shape index (κ1) is 19.9. The molecule has 0 aliphatic heterocycles. The fourth-order valence-electron chi connectivity index (χ4n) is 3.29. The predicted molar refractivity (Wildman–Crippen MR) is 123 cm³/mol. The van der Waals surface area contributed by atoms with Gasteiger partial charge in [-0.25, -0.2) is 4.98 Å². The first-order valence-corrected chi connectivity index (χ1v) is 10.7. The van der Waals surface area contributed by atoms with E-state index in [9.17, 15) is 4.79 Å². The maximum Gasteiger partial charge on any atom is 0.282 e. The molecule has 3 heterocycles. The Labute approximate surface area is 187 Å². The Hall–Kier alpha value is -4.04. The van der Waals surface area contributed by atoms with E-state index in [-0.39, 0.29) is 11.6 Å². The van der Waals surface area contributed by atoms with Crippen LogP contribution in [0.1, 0.15) is 16.1 Å². The lowest BCUT2D eigenvalue weighted by Crippen LogP contribution is -2.30. The van der Waals surface area contributed by atoms with Gasteiger partial charge in [0.15, 0.2) is 16.6 Å². The van der Waals surface area contributed by atoms with Crippen LogP contribution in [0.5, 0.6) is 5.75 Å². The Bertz CT molecular complexity index is 1370. The van der Waals surface area contributed by atoms with E-state index < -0.39 is 0 Å². The molecule has 5 rings (SSSR count). The van der Waals surface area contributed by atoms with E-state index in [1.165, 1.54) is 11.3 Å². The van der Waals surface area contributed by atoms with Gasteiger partial charge in [-0.3, -0.25) is 14.7 Å². The normalized spacial score (nSPS) is 10.9. The van der Waals surface area contributed by atoms with E-state index in [4.69, 9.17) is 14.2 Å². The van der Waals surface area contributed by atoms with Gasteiger partial charge in [-0.05, 0) is 35.9 Å². The molecule has 0 spiro atoms. The Kier molecular flexibility index (Phi) is 5.35. The molecule has 0 saturated carbocycles. The van der Waals surface area contributed by atoms with E-state index in [0.717, 1.165) is 27.1 Å². The highest BCUT2D eigenvalue weighted by Gasteiger charge is 2.25. The number of hydrogen-bond acceptors (Lipinski definition) is 7. The minimum absolute atomic E-state index is 0.205. The maximum absolute atomic E-state index is 13.5. The lowest BCUT2D eigenvalue weighted by molar-refractivity contribution is 0.0976. The number of pyridine rings is 1. The van der Waals surface area contributed by atoms with Gasteiger partial charge in [0.2, 0.25) is 0 Å². The minimum atomic E-state index is -0.293. The van der Waals surface area contributed by atoms with Gasteiger partial charge in [-0.15, -0.1) is 0 Å². The Morgan fingerprint density at radius 2 is 1.97 bits per heavy atom. The minimum Gasteiger partial charge on any atom is -0.497 e. The number of benzene rings is 2. The summed E-state index contributed by atoms with van der Waals surface area (Å²) in [4.78, 5) is 23.9. The second-order valence-electron chi connectivity index (χ2n) is 7.03. The van der Waals surface area contributed by atoms with E-state index in [2.05, 4.69) is 10.1 Å². The second-order valence-corrected chi connectivity index (χ2v) is 8.03. The molecule has 3 aromatic heterocycles. The molecule has 32 heavy (non-hydrogen) atoms. The molecule has 7 nitrogen and oxygen atoms in total. The molecule has 0 unspecified atom stereocenters. The molecule has 2 aromatic carbocycles. The number of carbonyl (C=O) groups is 1. The molecule has 0 saturated heterocycles. The van der Waals surface area contributed by atoms with Gasteiger partial charge in [0.25, 0.3) is 5.91 Å². The van der Waals surface area contributed by atoms with Gasteiger partial charge in [-0.1, -0.05) is 46.8 Å². The number of hydrogen-bond donors (Lipinski definition) is 0. The number of carbonyl (C=O) groups excluding carboxylic acids is 1. The SMILES string of the molecule is COc1ccc2nc(N(Cc3ccccc3)C(=O)c3cc(-c4cccnc4)on3)sc2c1. The van der Waals surface area contributed by atoms with Crippen LogP contribution in [0, 0.1) is 0 Å². The number of methoxy groups -OCH3 is 1. The number of nitrogens with zero attached hydrogens (tertiary/aromatic N) is 4.